The normalized spacial score (nSPS) is 44.6. The van der Waals surface area contributed by atoms with Crippen molar-refractivity contribution in [3.8, 4) is 0 Å². The van der Waals surface area contributed by atoms with Crippen LogP contribution in [0.3, 0.4) is 0 Å². The van der Waals surface area contributed by atoms with Crippen LogP contribution in [-0.2, 0) is 9.59 Å². The first-order valence-corrected chi connectivity index (χ1v) is 6.32. The highest BCUT2D eigenvalue weighted by Gasteiger charge is 2.54. The van der Waals surface area contributed by atoms with Crippen molar-refractivity contribution in [1.82, 2.24) is 0 Å². The van der Waals surface area contributed by atoms with Crippen molar-refractivity contribution < 1.29 is 14.7 Å². The van der Waals surface area contributed by atoms with Gasteiger partial charge in [0.15, 0.2) is 0 Å². The predicted octanol–water partition coefficient (Wildman–Crippen LogP) is 2.25. The highest BCUT2D eigenvalue weighted by molar-refractivity contribution is 5.98. The second-order valence-corrected chi connectivity index (χ2v) is 6.19. The summed E-state index contributed by atoms with van der Waals surface area (Å²) in [7, 11) is 0. The van der Waals surface area contributed by atoms with Crippen molar-refractivity contribution in [1.29, 1.82) is 0 Å². The Kier molecular flexibility index (Phi) is 2.13. The van der Waals surface area contributed by atoms with Crippen LogP contribution in [-0.4, -0.2) is 16.9 Å². The molecular formula is C13H18O3. The van der Waals surface area contributed by atoms with Crippen molar-refractivity contribution in [3.05, 3.63) is 0 Å². The van der Waals surface area contributed by atoms with Crippen LogP contribution in [0.15, 0.2) is 0 Å². The summed E-state index contributed by atoms with van der Waals surface area (Å²) in [6.07, 6.45) is 6.55. The third-order valence-electron chi connectivity index (χ3n) is 4.94. The number of carbonyl (C=O) groups is 2. The molecular weight excluding hydrogens is 204 g/mol. The van der Waals surface area contributed by atoms with Gasteiger partial charge in [-0.05, 0) is 56.3 Å². The van der Waals surface area contributed by atoms with E-state index in [4.69, 9.17) is 5.11 Å². The van der Waals surface area contributed by atoms with Crippen LogP contribution in [0.5, 0.6) is 0 Å². The van der Waals surface area contributed by atoms with Crippen LogP contribution in [0, 0.1) is 23.2 Å². The van der Waals surface area contributed by atoms with Gasteiger partial charge in [-0.15, -0.1) is 0 Å². The van der Waals surface area contributed by atoms with E-state index >= 15 is 0 Å². The molecule has 0 unspecified atom stereocenters. The smallest absolute Gasteiger partial charge is 0.310 e. The number of carboxylic acid groups (broad SMARTS) is 1. The van der Waals surface area contributed by atoms with E-state index in [1.807, 2.05) is 0 Å². The summed E-state index contributed by atoms with van der Waals surface area (Å²) < 4.78 is 0. The van der Waals surface area contributed by atoms with E-state index < -0.39 is 5.97 Å². The molecule has 0 heterocycles. The topological polar surface area (TPSA) is 54.4 Å². The summed E-state index contributed by atoms with van der Waals surface area (Å²) in [5.41, 5.74) is -0.229. The van der Waals surface area contributed by atoms with Gasteiger partial charge < -0.3 is 5.11 Å². The molecule has 88 valence electrons. The monoisotopic (exact) mass is 222 g/mol. The molecule has 4 fully saturated rings. The molecule has 16 heavy (non-hydrogen) atoms. The Bertz CT molecular complexity index is 310. The lowest BCUT2D eigenvalue weighted by atomic mass is 9.48. The van der Waals surface area contributed by atoms with Crippen molar-refractivity contribution in [2.75, 3.05) is 0 Å². The lowest BCUT2D eigenvalue weighted by Crippen LogP contribution is -2.50. The number of rotatable bonds is 3. The van der Waals surface area contributed by atoms with Crippen molar-refractivity contribution in [2.24, 2.45) is 23.2 Å². The minimum Gasteiger partial charge on any atom is -0.481 e. The third-order valence-corrected chi connectivity index (χ3v) is 4.94. The molecule has 0 aromatic heterocycles. The lowest BCUT2D eigenvalue weighted by Gasteiger charge is -2.55. The largest absolute Gasteiger partial charge is 0.481 e. The Balaban J connectivity index is 1.83. The average molecular weight is 222 g/mol. The SMILES string of the molecule is O=C(O)CC(=O)C12CC3CC(CC(C3)C1)C2. The highest BCUT2D eigenvalue weighted by atomic mass is 16.4. The first-order valence-electron chi connectivity index (χ1n) is 6.32. The van der Waals surface area contributed by atoms with Crippen LogP contribution < -0.4 is 0 Å². The van der Waals surface area contributed by atoms with E-state index in [-0.39, 0.29) is 17.6 Å². The Morgan fingerprint density at radius 1 is 1.00 bits per heavy atom. The second-order valence-electron chi connectivity index (χ2n) is 6.19. The molecule has 0 aromatic rings. The van der Waals surface area contributed by atoms with Gasteiger partial charge in [-0.1, -0.05) is 0 Å². The molecule has 4 aliphatic rings. The van der Waals surface area contributed by atoms with Gasteiger partial charge in [0.25, 0.3) is 0 Å². The molecule has 3 nitrogen and oxygen atoms in total. The standard InChI is InChI=1S/C13H18O3/c14-11(4-12(15)16)13-5-8-1-9(6-13)3-10(2-8)7-13/h8-10H,1-7H2,(H,15,16). The summed E-state index contributed by atoms with van der Waals surface area (Å²) in [4.78, 5) is 22.8. The second kappa shape index (κ2) is 3.31. The van der Waals surface area contributed by atoms with Gasteiger partial charge in [0.2, 0.25) is 0 Å². The third kappa shape index (κ3) is 1.48. The van der Waals surface area contributed by atoms with Gasteiger partial charge in [0.05, 0.1) is 0 Å². The Morgan fingerprint density at radius 3 is 1.81 bits per heavy atom. The number of carbonyl (C=O) groups excluding carboxylic acids is 1. The zero-order valence-corrected chi connectivity index (χ0v) is 9.45. The molecule has 0 atom stereocenters. The molecule has 0 radical (unpaired) electrons. The molecule has 0 spiro atoms. The fourth-order valence-electron chi connectivity index (χ4n) is 4.78. The zero-order chi connectivity index (χ0) is 11.3. The Labute approximate surface area is 95.2 Å². The van der Waals surface area contributed by atoms with Crippen LogP contribution in [0.25, 0.3) is 0 Å². The van der Waals surface area contributed by atoms with Gasteiger partial charge in [-0.2, -0.15) is 0 Å². The summed E-state index contributed by atoms with van der Waals surface area (Å²) in [5.74, 6) is 1.19. The fourth-order valence-corrected chi connectivity index (χ4v) is 4.78. The molecule has 1 N–H and O–H groups in total. The maximum atomic E-state index is 12.1. The van der Waals surface area contributed by atoms with Gasteiger partial charge in [-0.25, -0.2) is 0 Å². The van der Waals surface area contributed by atoms with E-state index in [0.717, 1.165) is 19.3 Å². The van der Waals surface area contributed by atoms with E-state index in [9.17, 15) is 9.59 Å². The van der Waals surface area contributed by atoms with E-state index in [2.05, 4.69) is 0 Å². The maximum absolute atomic E-state index is 12.1. The van der Waals surface area contributed by atoms with Gasteiger partial charge in [0, 0.05) is 5.41 Å². The minimum absolute atomic E-state index is 0.0131. The highest BCUT2D eigenvalue weighted by Crippen LogP contribution is 2.60. The molecule has 0 aromatic carbocycles. The number of hydrogen-bond acceptors (Lipinski definition) is 2. The van der Waals surface area contributed by atoms with Gasteiger partial charge in [-0.3, -0.25) is 9.59 Å². The van der Waals surface area contributed by atoms with Crippen molar-refractivity contribution in [2.45, 2.75) is 44.9 Å². The van der Waals surface area contributed by atoms with E-state index in [1.54, 1.807) is 0 Å². The molecule has 3 heteroatoms. The van der Waals surface area contributed by atoms with Gasteiger partial charge in [0.1, 0.15) is 12.2 Å². The Hall–Kier alpha value is -0.860. The lowest BCUT2D eigenvalue weighted by molar-refractivity contribution is -0.151. The van der Waals surface area contributed by atoms with Crippen molar-refractivity contribution >= 4 is 11.8 Å². The van der Waals surface area contributed by atoms with E-state index in [1.165, 1.54) is 19.3 Å². The van der Waals surface area contributed by atoms with E-state index in [0.29, 0.717) is 17.8 Å². The summed E-state index contributed by atoms with van der Waals surface area (Å²) in [5, 5.41) is 8.76. The number of carboxylic acids is 1. The Morgan fingerprint density at radius 2 is 1.44 bits per heavy atom. The molecule has 4 rings (SSSR count). The van der Waals surface area contributed by atoms with Crippen LogP contribution in [0.2, 0.25) is 0 Å². The summed E-state index contributed by atoms with van der Waals surface area (Å²) in [6.45, 7) is 0. The minimum atomic E-state index is -0.958. The quantitative estimate of drug-likeness (QED) is 0.745. The van der Waals surface area contributed by atoms with Crippen LogP contribution >= 0.6 is 0 Å². The maximum Gasteiger partial charge on any atom is 0.310 e. The summed E-state index contributed by atoms with van der Waals surface area (Å²) >= 11 is 0. The molecule has 4 bridgehead atoms. The predicted molar refractivity (Wildman–Crippen MR) is 57.9 cm³/mol. The molecule has 0 aliphatic heterocycles. The fraction of sp³-hybridized carbons (Fsp3) is 0.846. The number of hydrogen-bond donors (Lipinski definition) is 1. The van der Waals surface area contributed by atoms with Crippen LogP contribution in [0.4, 0.5) is 0 Å². The molecule has 4 saturated carbocycles. The number of ketones is 1. The first-order chi connectivity index (χ1) is 7.57. The average Bonchev–Trinajstić information content (AvgIpc) is 2.13. The molecule has 0 amide bonds. The first kappa shape index (κ1) is 10.3. The molecule has 4 aliphatic carbocycles. The number of Topliss-reactive ketones (excluding diaryl/α,β-unsaturated/α-hetero) is 1. The van der Waals surface area contributed by atoms with Crippen LogP contribution in [0.1, 0.15) is 44.9 Å². The molecule has 0 saturated heterocycles. The zero-order valence-electron chi connectivity index (χ0n) is 9.45. The van der Waals surface area contributed by atoms with Gasteiger partial charge >= 0.3 is 5.97 Å². The number of aliphatic carboxylic acids is 1. The summed E-state index contributed by atoms with van der Waals surface area (Å²) in [6, 6.07) is 0. The van der Waals surface area contributed by atoms with Crippen molar-refractivity contribution in [3.63, 3.8) is 0 Å².